The molecule has 2 fully saturated rings. The Morgan fingerprint density at radius 1 is 1.19 bits per heavy atom. The van der Waals surface area contributed by atoms with Crippen LogP contribution >= 0.6 is 0 Å². The topological polar surface area (TPSA) is 149 Å². The summed E-state index contributed by atoms with van der Waals surface area (Å²) in [6, 6.07) is 0. The molecule has 21 heavy (non-hydrogen) atoms. The van der Waals surface area contributed by atoms with E-state index >= 15 is 0 Å². The van der Waals surface area contributed by atoms with Gasteiger partial charge in [-0.05, 0) is 0 Å². The minimum atomic E-state index is -1.59. The Hall–Kier alpha value is -0.940. The fraction of sp³-hybridized carbons (Fsp3) is 0.833. The Labute approximate surface area is 120 Å². The lowest BCUT2D eigenvalue weighted by molar-refractivity contribution is -0.363. The van der Waals surface area contributed by atoms with Crippen molar-refractivity contribution in [2.45, 2.75) is 49.3 Å². The summed E-state index contributed by atoms with van der Waals surface area (Å²) < 4.78 is 15.9. The van der Waals surface area contributed by atoms with Crippen LogP contribution < -0.4 is 0 Å². The molecular formula is C12H20O9. The van der Waals surface area contributed by atoms with Gasteiger partial charge in [-0.15, -0.1) is 0 Å². The van der Waals surface area contributed by atoms with Crippen molar-refractivity contribution in [1.82, 2.24) is 0 Å². The summed E-state index contributed by atoms with van der Waals surface area (Å²) in [5, 5.41) is 56.6. The van der Waals surface area contributed by atoms with Gasteiger partial charge < -0.3 is 44.8 Å². The summed E-state index contributed by atoms with van der Waals surface area (Å²) >= 11 is 0. The number of rotatable bonds is 4. The number of aliphatic hydroxyl groups is 6. The van der Waals surface area contributed by atoms with Crippen molar-refractivity contribution in [2.75, 3.05) is 13.2 Å². The maximum atomic E-state index is 9.87. The first-order valence-electron chi connectivity index (χ1n) is 6.58. The summed E-state index contributed by atoms with van der Waals surface area (Å²) in [4.78, 5) is 0. The largest absolute Gasteiger partial charge is 0.512 e. The lowest BCUT2D eigenvalue weighted by atomic mass is 9.99. The molecule has 2 heterocycles. The van der Waals surface area contributed by atoms with Crippen LogP contribution in [0.15, 0.2) is 12.0 Å². The highest BCUT2D eigenvalue weighted by molar-refractivity contribution is 4.99. The Kier molecular flexibility index (Phi) is 5.04. The Balaban J connectivity index is 2.10. The van der Waals surface area contributed by atoms with E-state index in [9.17, 15) is 20.4 Å². The lowest BCUT2D eigenvalue weighted by Gasteiger charge is -2.42. The molecule has 0 bridgehead atoms. The fourth-order valence-electron chi connectivity index (χ4n) is 2.35. The maximum absolute atomic E-state index is 9.87. The molecule has 6 N–H and O–H groups in total. The molecule has 0 aromatic carbocycles. The summed E-state index contributed by atoms with van der Waals surface area (Å²) in [7, 11) is 0. The minimum Gasteiger partial charge on any atom is -0.512 e. The highest BCUT2D eigenvalue weighted by Crippen LogP contribution is 2.36. The van der Waals surface area contributed by atoms with E-state index in [0.717, 1.165) is 6.26 Å². The zero-order valence-corrected chi connectivity index (χ0v) is 11.2. The molecule has 2 aliphatic heterocycles. The molecule has 9 nitrogen and oxygen atoms in total. The second-order valence-corrected chi connectivity index (χ2v) is 5.08. The summed E-state index contributed by atoms with van der Waals surface area (Å²) in [5.41, 5.74) is 0. The quantitative estimate of drug-likeness (QED) is 0.315. The molecule has 0 aromatic heterocycles. The van der Waals surface area contributed by atoms with Gasteiger partial charge >= 0.3 is 0 Å². The molecule has 0 aromatic rings. The molecule has 0 saturated carbocycles. The lowest BCUT2D eigenvalue weighted by Crippen LogP contribution is -2.61. The van der Waals surface area contributed by atoms with Crippen LogP contribution in [0, 0.1) is 0 Å². The van der Waals surface area contributed by atoms with Crippen molar-refractivity contribution in [3.63, 3.8) is 0 Å². The van der Waals surface area contributed by atoms with Crippen molar-refractivity contribution < 1.29 is 44.8 Å². The van der Waals surface area contributed by atoms with E-state index in [4.69, 9.17) is 24.4 Å². The monoisotopic (exact) mass is 308 g/mol. The van der Waals surface area contributed by atoms with Crippen LogP contribution in [-0.4, -0.2) is 80.3 Å². The number of aliphatic hydroxyl groups excluding tert-OH is 6. The zero-order valence-electron chi connectivity index (χ0n) is 11.2. The maximum Gasteiger partial charge on any atom is 0.236 e. The number of hydrogen-bond donors (Lipinski definition) is 6. The van der Waals surface area contributed by atoms with Crippen molar-refractivity contribution in [3.05, 3.63) is 12.0 Å². The van der Waals surface area contributed by atoms with Gasteiger partial charge in [-0.1, -0.05) is 0 Å². The SMILES string of the molecule is O/C=C1\CC[C@](CO)(O[C@@H]2OC(CO)[C@@H](O)C(O)C2O)O1. The summed E-state index contributed by atoms with van der Waals surface area (Å²) in [6.45, 7) is -1.15. The fourth-order valence-corrected chi connectivity index (χ4v) is 2.35. The van der Waals surface area contributed by atoms with Crippen molar-refractivity contribution in [3.8, 4) is 0 Å². The molecule has 9 heteroatoms. The first kappa shape index (κ1) is 16.4. The molecule has 2 saturated heterocycles. The minimum absolute atomic E-state index is 0.199. The van der Waals surface area contributed by atoms with Crippen LogP contribution in [-0.2, 0) is 14.2 Å². The van der Waals surface area contributed by atoms with Gasteiger partial charge in [0.1, 0.15) is 43.0 Å². The molecule has 6 atom stereocenters. The van der Waals surface area contributed by atoms with Crippen molar-refractivity contribution in [2.24, 2.45) is 0 Å². The molecule has 122 valence electrons. The predicted octanol–water partition coefficient (Wildman–Crippen LogP) is -2.30. The average Bonchev–Trinajstić information content (AvgIpc) is 2.92. The molecule has 0 amide bonds. The predicted molar refractivity (Wildman–Crippen MR) is 65.7 cm³/mol. The highest BCUT2D eigenvalue weighted by atomic mass is 16.8. The second-order valence-electron chi connectivity index (χ2n) is 5.08. The highest BCUT2D eigenvalue weighted by Gasteiger charge is 2.49. The summed E-state index contributed by atoms with van der Waals surface area (Å²) in [6.07, 6.45) is -5.92. The Morgan fingerprint density at radius 3 is 2.43 bits per heavy atom. The normalized spacial score (nSPS) is 45.8. The van der Waals surface area contributed by atoms with Gasteiger partial charge in [-0.25, -0.2) is 0 Å². The average molecular weight is 308 g/mol. The van der Waals surface area contributed by atoms with Crippen LogP contribution in [0.4, 0.5) is 0 Å². The van der Waals surface area contributed by atoms with Gasteiger partial charge in [0, 0.05) is 12.8 Å². The summed E-state index contributed by atoms with van der Waals surface area (Å²) in [5.74, 6) is -1.32. The van der Waals surface area contributed by atoms with E-state index in [-0.39, 0.29) is 12.2 Å². The van der Waals surface area contributed by atoms with Gasteiger partial charge in [0.25, 0.3) is 0 Å². The van der Waals surface area contributed by atoms with Gasteiger partial charge in [-0.2, -0.15) is 0 Å². The zero-order chi connectivity index (χ0) is 15.6. The first-order valence-corrected chi connectivity index (χ1v) is 6.58. The molecule has 3 unspecified atom stereocenters. The smallest absolute Gasteiger partial charge is 0.236 e. The van der Waals surface area contributed by atoms with Crippen LogP contribution in [0.5, 0.6) is 0 Å². The molecule has 2 aliphatic rings. The Morgan fingerprint density at radius 2 is 1.90 bits per heavy atom. The Bertz CT molecular complexity index is 385. The van der Waals surface area contributed by atoms with Crippen molar-refractivity contribution in [1.29, 1.82) is 0 Å². The molecule has 2 rings (SSSR count). The molecule has 0 spiro atoms. The molecule has 0 aliphatic carbocycles. The third-order valence-corrected chi connectivity index (χ3v) is 3.63. The molecular weight excluding hydrogens is 288 g/mol. The van der Waals surface area contributed by atoms with Crippen LogP contribution in [0.1, 0.15) is 12.8 Å². The number of hydrogen-bond acceptors (Lipinski definition) is 9. The van der Waals surface area contributed by atoms with Gasteiger partial charge in [0.2, 0.25) is 5.79 Å². The number of ether oxygens (including phenoxy) is 3. The first-order chi connectivity index (χ1) is 9.96. The van der Waals surface area contributed by atoms with Crippen molar-refractivity contribution >= 4 is 0 Å². The third-order valence-electron chi connectivity index (χ3n) is 3.63. The molecule has 0 radical (unpaired) electrons. The van der Waals surface area contributed by atoms with Gasteiger partial charge in [-0.3, -0.25) is 0 Å². The van der Waals surface area contributed by atoms with E-state index in [1.807, 2.05) is 0 Å². The van der Waals surface area contributed by atoms with Crippen LogP contribution in [0.3, 0.4) is 0 Å². The van der Waals surface area contributed by atoms with E-state index in [1.165, 1.54) is 0 Å². The third kappa shape index (κ3) is 3.14. The van der Waals surface area contributed by atoms with Gasteiger partial charge in [0.05, 0.1) is 6.61 Å². The van der Waals surface area contributed by atoms with E-state index in [0.29, 0.717) is 6.42 Å². The number of allylic oxidation sites excluding steroid dienone is 1. The van der Waals surface area contributed by atoms with E-state index in [1.54, 1.807) is 0 Å². The second kappa shape index (κ2) is 6.44. The van der Waals surface area contributed by atoms with Crippen LogP contribution in [0.2, 0.25) is 0 Å². The van der Waals surface area contributed by atoms with E-state index < -0.39 is 49.7 Å². The standard InChI is InChI=1S/C12H20O9/c13-3-6-1-2-12(5-15,20-6)21-11-10(18)9(17)8(16)7(4-14)19-11/h3,7-11,13-18H,1-2,4-5H2/b6-3+/t7?,8-,9?,10?,11+,12-/m1/s1. The van der Waals surface area contributed by atoms with Crippen LogP contribution in [0.25, 0.3) is 0 Å². The van der Waals surface area contributed by atoms with E-state index in [2.05, 4.69) is 0 Å². The van der Waals surface area contributed by atoms with Gasteiger partial charge in [0.15, 0.2) is 6.29 Å².